The third kappa shape index (κ3) is 8.05. The maximum atomic E-state index is 13.1. The molecule has 0 aliphatic rings. The zero-order valence-electron chi connectivity index (χ0n) is 21.6. The zero-order chi connectivity index (χ0) is 26.2. The molecule has 0 aliphatic carbocycles. The summed E-state index contributed by atoms with van der Waals surface area (Å²) in [5.41, 5.74) is 3.84. The van der Waals surface area contributed by atoms with Gasteiger partial charge >= 0.3 is 11.9 Å². The maximum Gasteiger partial charge on any atom is 0.312 e. The highest BCUT2D eigenvalue weighted by molar-refractivity contribution is 5.76. The van der Waals surface area contributed by atoms with E-state index in [0.717, 1.165) is 27.8 Å². The minimum atomic E-state index is -1.02. The predicted octanol–water partition coefficient (Wildman–Crippen LogP) is 5.06. The third-order valence-corrected chi connectivity index (χ3v) is 6.24. The molecule has 0 saturated heterocycles. The summed E-state index contributed by atoms with van der Waals surface area (Å²) in [6.45, 7) is 9.65. The van der Waals surface area contributed by atoms with Gasteiger partial charge in [-0.25, -0.2) is 0 Å². The molecule has 0 aliphatic heterocycles. The molecule has 6 heteroatoms. The third-order valence-electron chi connectivity index (χ3n) is 6.24. The van der Waals surface area contributed by atoms with Crippen LogP contribution in [0.5, 0.6) is 0 Å². The van der Waals surface area contributed by atoms with Crippen molar-refractivity contribution in [2.75, 3.05) is 7.11 Å². The average Bonchev–Trinajstić information content (AvgIpc) is 2.81. The van der Waals surface area contributed by atoms with Crippen LogP contribution in [0.15, 0.2) is 48.5 Å². The molecule has 0 amide bonds. The molecule has 6 nitrogen and oxygen atoms in total. The molecule has 0 spiro atoms. The van der Waals surface area contributed by atoms with Crippen LogP contribution in [0, 0.1) is 19.3 Å². The molecule has 3 unspecified atom stereocenters. The minimum Gasteiger partial charge on any atom is -0.469 e. The SMILES string of the molecule is CCC(C)(C)C(=O)OC(c1ccccc1)c1cc(C)cc(C)c1/C=C/C(O)CC(O)CC(=O)OC. The van der Waals surface area contributed by atoms with E-state index in [1.54, 1.807) is 12.2 Å². The molecule has 0 radical (unpaired) electrons. The number of ether oxygens (including phenoxy) is 2. The molecule has 3 atom stereocenters. The van der Waals surface area contributed by atoms with Crippen molar-refractivity contribution in [1.29, 1.82) is 0 Å². The Labute approximate surface area is 208 Å². The Morgan fingerprint density at radius 2 is 1.74 bits per heavy atom. The van der Waals surface area contributed by atoms with E-state index < -0.39 is 29.7 Å². The van der Waals surface area contributed by atoms with Crippen LogP contribution in [0.1, 0.15) is 74.0 Å². The number of carbonyl (C=O) groups is 2. The van der Waals surface area contributed by atoms with Crippen molar-refractivity contribution in [1.82, 2.24) is 0 Å². The van der Waals surface area contributed by atoms with E-state index in [0.29, 0.717) is 6.42 Å². The number of hydrogen-bond donors (Lipinski definition) is 2. The lowest BCUT2D eigenvalue weighted by Crippen LogP contribution is -2.28. The van der Waals surface area contributed by atoms with Crippen LogP contribution >= 0.6 is 0 Å². The Hall–Kier alpha value is -2.96. The van der Waals surface area contributed by atoms with Crippen LogP contribution in [-0.4, -0.2) is 41.5 Å². The number of hydrogen-bond acceptors (Lipinski definition) is 6. The van der Waals surface area contributed by atoms with Gasteiger partial charge < -0.3 is 19.7 Å². The van der Waals surface area contributed by atoms with Gasteiger partial charge in [-0.2, -0.15) is 0 Å². The Kier molecular flexibility index (Phi) is 10.2. The first-order chi connectivity index (χ1) is 16.5. The van der Waals surface area contributed by atoms with Gasteiger partial charge in [-0.05, 0) is 50.8 Å². The van der Waals surface area contributed by atoms with Gasteiger partial charge in [0, 0.05) is 12.0 Å². The van der Waals surface area contributed by atoms with Gasteiger partial charge in [0.2, 0.25) is 0 Å². The summed E-state index contributed by atoms with van der Waals surface area (Å²) in [6.07, 6.45) is 1.20. The monoisotopic (exact) mass is 482 g/mol. The van der Waals surface area contributed by atoms with Crippen molar-refractivity contribution in [3.63, 3.8) is 0 Å². The maximum absolute atomic E-state index is 13.1. The van der Waals surface area contributed by atoms with Gasteiger partial charge in [0.15, 0.2) is 6.10 Å². The summed E-state index contributed by atoms with van der Waals surface area (Å²) < 4.78 is 10.7. The number of carbonyl (C=O) groups excluding carboxylic acids is 2. The number of rotatable bonds is 11. The second-order valence-corrected chi connectivity index (χ2v) is 9.61. The van der Waals surface area contributed by atoms with Crippen molar-refractivity contribution in [3.05, 3.63) is 76.4 Å². The molecule has 0 saturated carbocycles. The molecule has 190 valence electrons. The highest BCUT2D eigenvalue weighted by atomic mass is 16.5. The lowest BCUT2D eigenvalue weighted by Gasteiger charge is -2.27. The van der Waals surface area contributed by atoms with E-state index in [2.05, 4.69) is 4.74 Å². The number of aliphatic hydroxyl groups excluding tert-OH is 2. The molecule has 0 heterocycles. The van der Waals surface area contributed by atoms with E-state index in [4.69, 9.17) is 4.74 Å². The van der Waals surface area contributed by atoms with Gasteiger partial charge in [0.05, 0.1) is 31.2 Å². The Morgan fingerprint density at radius 3 is 2.34 bits per heavy atom. The number of benzene rings is 2. The van der Waals surface area contributed by atoms with Crippen LogP contribution in [-0.2, 0) is 19.1 Å². The Balaban J connectivity index is 2.45. The second kappa shape index (κ2) is 12.7. The van der Waals surface area contributed by atoms with Gasteiger partial charge in [-0.1, -0.05) is 67.1 Å². The largest absolute Gasteiger partial charge is 0.469 e. The van der Waals surface area contributed by atoms with Crippen molar-refractivity contribution in [2.24, 2.45) is 5.41 Å². The van der Waals surface area contributed by atoms with Crippen LogP contribution in [0.4, 0.5) is 0 Å². The zero-order valence-corrected chi connectivity index (χ0v) is 21.6. The van der Waals surface area contributed by atoms with Gasteiger partial charge in [-0.3, -0.25) is 9.59 Å². The topological polar surface area (TPSA) is 93.1 Å². The second-order valence-electron chi connectivity index (χ2n) is 9.61. The van der Waals surface area contributed by atoms with E-state index >= 15 is 0 Å². The van der Waals surface area contributed by atoms with Crippen LogP contribution < -0.4 is 0 Å². The van der Waals surface area contributed by atoms with Crippen molar-refractivity contribution >= 4 is 18.0 Å². The fraction of sp³-hybridized carbons (Fsp3) is 0.448. The van der Waals surface area contributed by atoms with Crippen molar-refractivity contribution in [3.8, 4) is 0 Å². The first-order valence-electron chi connectivity index (χ1n) is 12.0. The molecule has 2 N–H and O–H groups in total. The minimum absolute atomic E-state index is 0.00632. The summed E-state index contributed by atoms with van der Waals surface area (Å²) in [4.78, 5) is 24.5. The quantitative estimate of drug-likeness (QED) is 0.435. The molecule has 2 aromatic rings. The number of aliphatic hydroxyl groups is 2. The van der Waals surface area contributed by atoms with E-state index in [1.165, 1.54) is 7.11 Å². The lowest BCUT2D eigenvalue weighted by atomic mass is 9.89. The first-order valence-corrected chi connectivity index (χ1v) is 12.0. The van der Waals surface area contributed by atoms with Crippen LogP contribution in [0.2, 0.25) is 0 Å². The lowest BCUT2D eigenvalue weighted by molar-refractivity contribution is -0.158. The van der Waals surface area contributed by atoms with Crippen LogP contribution in [0.3, 0.4) is 0 Å². The number of esters is 2. The molecule has 2 rings (SSSR count). The molecule has 2 aromatic carbocycles. The summed E-state index contributed by atoms with van der Waals surface area (Å²) in [5, 5.41) is 20.5. The highest BCUT2D eigenvalue weighted by Crippen LogP contribution is 2.35. The fourth-order valence-electron chi connectivity index (χ4n) is 3.73. The standard InChI is InChI=1S/C29H38O6/c1-7-29(4,5)28(33)35-27(21-11-9-8-10-12-21)25-16-19(2)15-20(3)24(25)14-13-22(30)17-23(31)18-26(32)34-6/h8-16,22-23,27,30-31H,7,17-18H2,1-6H3/b14-13+. The summed E-state index contributed by atoms with van der Waals surface area (Å²) >= 11 is 0. The number of aryl methyl sites for hydroxylation is 2. The van der Waals surface area contributed by atoms with Crippen molar-refractivity contribution < 1.29 is 29.3 Å². The van der Waals surface area contributed by atoms with Gasteiger partial charge in [-0.15, -0.1) is 0 Å². The molecular weight excluding hydrogens is 444 g/mol. The highest BCUT2D eigenvalue weighted by Gasteiger charge is 2.31. The first kappa shape index (κ1) is 28.3. The smallest absolute Gasteiger partial charge is 0.312 e. The summed E-state index contributed by atoms with van der Waals surface area (Å²) in [6, 6.07) is 13.6. The molecule has 0 fully saturated rings. The normalized spacial score (nSPS) is 14.4. The summed E-state index contributed by atoms with van der Waals surface area (Å²) in [5.74, 6) is -0.818. The molecule has 35 heavy (non-hydrogen) atoms. The van der Waals surface area contributed by atoms with Gasteiger partial charge in [0.25, 0.3) is 0 Å². The van der Waals surface area contributed by atoms with Gasteiger partial charge in [0.1, 0.15) is 0 Å². The Morgan fingerprint density at radius 1 is 1.09 bits per heavy atom. The molecule has 0 aromatic heterocycles. The van der Waals surface area contributed by atoms with E-state index in [1.807, 2.05) is 77.1 Å². The van der Waals surface area contributed by atoms with E-state index in [9.17, 15) is 19.8 Å². The van der Waals surface area contributed by atoms with E-state index in [-0.39, 0.29) is 18.8 Å². The summed E-state index contributed by atoms with van der Waals surface area (Å²) in [7, 11) is 1.25. The van der Waals surface area contributed by atoms with Crippen LogP contribution in [0.25, 0.3) is 6.08 Å². The molecule has 0 bridgehead atoms. The van der Waals surface area contributed by atoms with Crippen molar-refractivity contribution in [2.45, 2.75) is 72.2 Å². The predicted molar refractivity (Wildman–Crippen MR) is 137 cm³/mol. The fourth-order valence-corrected chi connectivity index (χ4v) is 3.73. The molecular formula is C29H38O6. The average molecular weight is 483 g/mol. The number of methoxy groups -OCH3 is 1. The Bertz CT molecular complexity index is 1020.